The molecule has 0 spiro atoms. The fourth-order valence-corrected chi connectivity index (χ4v) is 2.29. The Morgan fingerprint density at radius 3 is 2.08 bits per heavy atom. The maximum atomic E-state index is 5.90. The van der Waals surface area contributed by atoms with Crippen LogP contribution in [0.15, 0.2) is 66.9 Å². The molecule has 0 saturated heterocycles. The number of pyridine rings is 1. The first-order chi connectivity index (χ1) is 11.8. The Kier molecular flexibility index (Phi) is 7.56. The van der Waals surface area contributed by atoms with E-state index >= 15 is 0 Å². The summed E-state index contributed by atoms with van der Waals surface area (Å²) in [7, 11) is 0. The molecule has 1 aromatic heterocycles. The van der Waals surface area contributed by atoms with Gasteiger partial charge in [0.1, 0.15) is 17.3 Å². The summed E-state index contributed by atoms with van der Waals surface area (Å²) in [5.74, 6) is 2.17. The van der Waals surface area contributed by atoms with Gasteiger partial charge in [-0.3, -0.25) is 0 Å². The third kappa shape index (κ3) is 4.97. The molecule has 2 N–H and O–H groups in total. The van der Waals surface area contributed by atoms with Crippen molar-refractivity contribution in [2.24, 2.45) is 0 Å². The van der Waals surface area contributed by atoms with E-state index in [0.29, 0.717) is 5.82 Å². The van der Waals surface area contributed by atoms with Gasteiger partial charge in [-0.2, -0.15) is 0 Å². The van der Waals surface area contributed by atoms with Gasteiger partial charge in [0.2, 0.25) is 0 Å². The molecule has 3 nitrogen and oxygen atoms in total. The molecule has 0 aliphatic carbocycles. The molecule has 0 aliphatic heterocycles. The summed E-state index contributed by atoms with van der Waals surface area (Å²) in [4.78, 5) is 4.11. The van der Waals surface area contributed by atoms with Crippen molar-refractivity contribution in [1.82, 2.24) is 4.98 Å². The van der Waals surface area contributed by atoms with Gasteiger partial charge in [0, 0.05) is 11.8 Å². The van der Waals surface area contributed by atoms with Gasteiger partial charge in [-0.05, 0) is 53.9 Å². The van der Waals surface area contributed by atoms with Crippen LogP contribution in [0.1, 0.15) is 12.5 Å². The Balaban J connectivity index is 0.00000100. The van der Waals surface area contributed by atoms with Crippen molar-refractivity contribution in [1.29, 1.82) is 0 Å². The van der Waals surface area contributed by atoms with Crippen LogP contribution in [0.2, 0.25) is 0 Å². The fourth-order valence-electron chi connectivity index (χ4n) is 2.29. The molecule has 0 aliphatic rings. The molecule has 3 aromatic rings. The molecular weight excluding hydrogens is 463 g/mol. The van der Waals surface area contributed by atoms with Crippen LogP contribution in [0.5, 0.6) is 11.5 Å². The quantitative estimate of drug-likeness (QED) is 0.392. The summed E-state index contributed by atoms with van der Waals surface area (Å²) < 4.78 is 5.85. The zero-order chi connectivity index (χ0) is 17.4. The minimum atomic E-state index is 0.534. The monoisotopic (exact) mass is 480 g/mol. The van der Waals surface area contributed by atoms with Crippen LogP contribution in [-0.2, 0) is 19.2 Å². The number of hydrogen-bond donors (Lipinski definition) is 1. The molecule has 0 amide bonds. The van der Waals surface area contributed by atoms with Crippen LogP contribution in [-0.4, -0.2) is 4.98 Å². The number of anilines is 1. The number of nitrogens with zero attached hydrogens (tertiary/aromatic N) is 1. The predicted octanol–water partition coefficient (Wildman–Crippen LogP) is 5.57. The second-order valence-corrected chi connectivity index (χ2v) is 5.06. The maximum absolute atomic E-state index is 5.90. The molecule has 1 heterocycles. The molecule has 0 saturated carbocycles. The van der Waals surface area contributed by atoms with Gasteiger partial charge < -0.3 is 10.5 Å². The van der Waals surface area contributed by atoms with Crippen molar-refractivity contribution in [2.45, 2.75) is 13.3 Å². The molecule has 128 valence electrons. The first-order valence-electron chi connectivity index (χ1n) is 7.45. The van der Waals surface area contributed by atoms with Gasteiger partial charge in [0.15, 0.2) is 0 Å². The van der Waals surface area contributed by atoms with E-state index in [0.717, 1.165) is 29.0 Å². The molecule has 0 bridgehead atoms. The fraction of sp³-hybridized carbons (Fsp3) is 0.105. The number of halogens is 1. The van der Waals surface area contributed by atoms with Crippen molar-refractivity contribution in [2.75, 3.05) is 5.73 Å². The Bertz CT molecular complexity index is 761. The van der Waals surface area contributed by atoms with E-state index < -0.39 is 0 Å². The Labute approximate surface area is 162 Å². The molecule has 3 rings (SSSR count). The second kappa shape index (κ2) is 9.67. The number of ether oxygens (including phenoxy) is 1. The summed E-state index contributed by atoms with van der Waals surface area (Å²) in [6.45, 7) is 2.14. The summed E-state index contributed by atoms with van der Waals surface area (Å²) in [6, 6.07) is 19.8. The van der Waals surface area contributed by atoms with E-state index in [-0.39, 0.29) is 0 Å². The Morgan fingerprint density at radius 2 is 1.54 bits per heavy atom. The van der Waals surface area contributed by atoms with Crippen molar-refractivity contribution < 1.29 is 17.5 Å². The SMILES string of the molecule is CCc1ccc(Oc2ccc(-c3cccnc3N)cc2)cc1.[Cu][I]. The predicted molar refractivity (Wildman–Crippen MR) is 104 cm³/mol. The van der Waals surface area contributed by atoms with E-state index in [4.69, 9.17) is 10.5 Å². The summed E-state index contributed by atoms with van der Waals surface area (Å²) in [6.07, 6.45) is 2.72. The normalized spacial score (nSPS) is 9.83. The van der Waals surface area contributed by atoms with Crippen LogP contribution < -0.4 is 10.5 Å². The number of nitrogen functional groups attached to an aromatic ring is 1. The molecule has 0 radical (unpaired) electrons. The van der Waals surface area contributed by atoms with Gasteiger partial charge in [-0.1, -0.05) is 31.2 Å². The third-order valence-electron chi connectivity index (χ3n) is 3.57. The van der Waals surface area contributed by atoms with E-state index in [1.54, 1.807) is 26.5 Å². The standard InChI is InChI=1S/C19H18N2O.Cu.HI/c1-2-14-5-9-16(10-6-14)22-17-11-7-15(8-12-17)18-4-3-13-21-19(18)20;;/h3-13H,2H2,1H3,(H2,20,21);;1H/q;+1;/p-1. The van der Waals surface area contributed by atoms with Crippen molar-refractivity contribution in [3.8, 4) is 22.6 Å². The van der Waals surface area contributed by atoms with E-state index in [9.17, 15) is 0 Å². The Hall–Kier alpha value is -1.56. The van der Waals surface area contributed by atoms with Crippen LogP contribution in [0.25, 0.3) is 11.1 Å². The van der Waals surface area contributed by atoms with E-state index in [1.807, 2.05) is 48.5 Å². The van der Waals surface area contributed by atoms with Gasteiger partial charge in [0.25, 0.3) is 0 Å². The molecule has 0 atom stereocenters. The van der Waals surface area contributed by atoms with Gasteiger partial charge in [-0.15, -0.1) is 0 Å². The topological polar surface area (TPSA) is 48.1 Å². The average molecular weight is 481 g/mol. The first kappa shape index (κ1) is 18.8. The van der Waals surface area contributed by atoms with Gasteiger partial charge in [0.05, 0.1) is 0 Å². The van der Waals surface area contributed by atoms with Crippen LogP contribution in [0, 0.1) is 0 Å². The van der Waals surface area contributed by atoms with Gasteiger partial charge in [-0.25, -0.2) is 4.98 Å². The van der Waals surface area contributed by atoms with Crippen molar-refractivity contribution in [3.05, 3.63) is 72.4 Å². The first-order valence-corrected chi connectivity index (χ1v) is 10.5. The van der Waals surface area contributed by atoms with Crippen LogP contribution in [0.3, 0.4) is 0 Å². The second-order valence-electron chi connectivity index (χ2n) is 5.06. The zero-order valence-electron chi connectivity index (χ0n) is 13.2. The zero-order valence-corrected chi connectivity index (χ0v) is 16.3. The number of aryl methyl sites for hydroxylation is 1. The number of rotatable bonds is 4. The van der Waals surface area contributed by atoms with Crippen molar-refractivity contribution in [3.63, 3.8) is 0 Å². The summed E-state index contributed by atoms with van der Waals surface area (Å²) in [5, 5.41) is 0. The van der Waals surface area contributed by atoms with Gasteiger partial charge >= 0.3 is 33.1 Å². The summed E-state index contributed by atoms with van der Waals surface area (Å²) >= 11 is 5.87. The number of hydrogen-bond acceptors (Lipinski definition) is 3. The third-order valence-corrected chi connectivity index (χ3v) is 3.57. The Morgan fingerprint density at radius 1 is 0.958 bits per heavy atom. The average Bonchev–Trinajstić information content (AvgIpc) is 2.65. The van der Waals surface area contributed by atoms with Crippen LogP contribution in [0.4, 0.5) is 5.82 Å². The van der Waals surface area contributed by atoms with E-state index in [2.05, 4.69) is 36.8 Å². The molecular formula is C19H18CuIN2O. The van der Waals surface area contributed by atoms with Crippen LogP contribution >= 0.6 is 20.3 Å². The minimum absolute atomic E-state index is 0.534. The molecule has 24 heavy (non-hydrogen) atoms. The number of benzene rings is 2. The number of nitrogens with two attached hydrogens (primary N) is 1. The summed E-state index contributed by atoms with van der Waals surface area (Å²) in [5.41, 5.74) is 9.16. The van der Waals surface area contributed by atoms with E-state index in [1.165, 1.54) is 5.56 Å². The van der Waals surface area contributed by atoms with Crippen molar-refractivity contribution >= 4 is 26.2 Å². The molecule has 0 fully saturated rings. The number of aromatic nitrogens is 1. The molecule has 2 aromatic carbocycles. The molecule has 0 unspecified atom stereocenters. The molecule has 5 heteroatoms.